The average Bonchev–Trinajstić information content (AvgIpc) is 3.39. The van der Waals surface area contributed by atoms with Crippen LogP contribution in [0.2, 0.25) is 0 Å². The summed E-state index contributed by atoms with van der Waals surface area (Å²) in [5.41, 5.74) is 10.6. The summed E-state index contributed by atoms with van der Waals surface area (Å²) >= 11 is 0. The molecule has 5 heteroatoms. The van der Waals surface area contributed by atoms with E-state index in [4.69, 9.17) is 14.2 Å². The van der Waals surface area contributed by atoms with Gasteiger partial charge in [-0.05, 0) is 101 Å². The molecule has 4 rings (SSSR count). The van der Waals surface area contributed by atoms with E-state index in [0.717, 1.165) is 56.2 Å². The summed E-state index contributed by atoms with van der Waals surface area (Å²) in [6, 6.07) is 22.6. The Morgan fingerprint density at radius 2 is 1.20 bits per heavy atom. The van der Waals surface area contributed by atoms with Crippen LogP contribution < -0.4 is 4.90 Å². The Morgan fingerprint density at radius 3 is 1.73 bits per heavy atom. The molecule has 3 aromatic rings. The highest BCUT2D eigenvalue weighted by Gasteiger charge is 2.43. The van der Waals surface area contributed by atoms with Gasteiger partial charge < -0.3 is 19.1 Å². The van der Waals surface area contributed by atoms with E-state index in [1.165, 1.54) is 52.6 Å². The summed E-state index contributed by atoms with van der Waals surface area (Å²) in [5, 5.41) is 0. The van der Waals surface area contributed by atoms with Crippen LogP contribution in [0.1, 0.15) is 126 Å². The lowest BCUT2D eigenvalue weighted by molar-refractivity contribution is 0.0213. The number of carbonyl (C=O) groups is 1. The summed E-state index contributed by atoms with van der Waals surface area (Å²) in [7, 11) is 3.84. The van der Waals surface area contributed by atoms with E-state index in [0.29, 0.717) is 33.0 Å². The summed E-state index contributed by atoms with van der Waals surface area (Å²) in [4.78, 5) is 13.4. The van der Waals surface area contributed by atoms with Crippen molar-refractivity contribution >= 4 is 12.0 Å². The van der Waals surface area contributed by atoms with Gasteiger partial charge in [-0.3, -0.25) is 4.79 Å². The van der Waals surface area contributed by atoms with Crippen molar-refractivity contribution in [3.05, 3.63) is 88.5 Å². The van der Waals surface area contributed by atoms with Crippen LogP contribution in [-0.4, -0.2) is 60.0 Å². The molecule has 0 N–H and O–H groups in total. The van der Waals surface area contributed by atoms with Gasteiger partial charge in [0.05, 0.1) is 26.4 Å². The van der Waals surface area contributed by atoms with Crippen LogP contribution in [0.15, 0.2) is 60.7 Å². The fraction of sp³-hybridized carbons (Fsp3) is 0.568. The van der Waals surface area contributed by atoms with Crippen LogP contribution in [0.3, 0.4) is 0 Å². The van der Waals surface area contributed by atoms with Crippen molar-refractivity contribution in [1.29, 1.82) is 0 Å². The van der Waals surface area contributed by atoms with Gasteiger partial charge >= 0.3 is 0 Å². The van der Waals surface area contributed by atoms with Crippen LogP contribution in [-0.2, 0) is 30.5 Å². The van der Waals surface area contributed by atoms with Crippen molar-refractivity contribution in [3.63, 3.8) is 0 Å². The molecule has 1 aliphatic rings. The molecular formula is C44H63NO4. The smallest absolute Gasteiger partial charge is 0.150 e. The van der Waals surface area contributed by atoms with Crippen molar-refractivity contribution in [2.45, 2.75) is 109 Å². The minimum Gasteiger partial charge on any atom is -0.382 e. The van der Waals surface area contributed by atoms with Gasteiger partial charge in [0.1, 0.15) is 6.29 Å². The second-order valence-electron chi connectivity index (χ2n) is 15.3. The van der Waals surface area contributed by atoms with Crippen LogP contribution in [0.25, 0.3) is 11.1 Å². The maximum absolute atomic E-state index is 11.1. The number of aldehydes is 1. The Bertz CT molecular complexity index is 1410. The molecule has 0 heterocycles. The zero-order valence-electron chi connectivity index (χ0n) is 31.8. The molecule has 0 spiro atoms. The minimum atomic E-state index is -0.0989. The highest BCUT2D eigenvalue weighted by molar-refractivity contribution is 5.82. The topological polar surface area (TPSA) is 48.0 Å². The largest absolute Gasteiger partial charge is 0.382 e. The van der Waals surface area contributed by atoms with Crippen LogP contribution >= 0.6 is 0 Å². The average molecular weight is 670 g/mol. The standard InChI is InChI=1S/C44H63NO4/c1-9-42(3,4)35-17-21-38-39-22-18-36(43(5,6)10-2)32-41(39)44(40(38)31-35,24-26-48-29-30-49-28-27-47-8)23-13-11-12-14-25-45(7)37-19-15-34(33-46)16-20-37/h15-22,31-33H,9-14,23-30H2,1-8H3. The van der Waals surface area contributed by atoms with Gasteiger partial charge in [-0.1, -0.05) is 97.2 Å². The Balaban J connectivity index is 1.58. The molecule has 0 unspecified atom stereocenters. The molecule has 0 fully saturated rings. The van der Waals surface area contributed by atoms with E-state index < -0.39 is 0 Å². The van der Waals surface area contributed by atoms with Crippen molar-refractivity contribution in [3.8, 4) is 11.1 Å². The summed E-state index contributed by atoms with van der Waals surface area (Å²) in [6.07, 6.45) is 9.85. The molecule has 0 saturated heterocycles. The lowest BCUT2D eigenvalue weighted by Gasteiger charge is -2.35. The predicted molar refractivity (Wildman–Crippen MR) is 206 cm³/mol. The number of ether oxygens (including phenoxy) is 3. The van der Waals surface area contributed by atoms with Crippen molar-refractivity contribution in [2.24, 2.45) is 0 Å². The zero-order chi connectivity index (χ0) is 35.5. The molecule has 1 aliphatic carbocycles. The summed E-state index contributed by atoms with van der Waals surface area (Å²) in [6.45, 7) is 18.2. The van der Waals surface area contributed by atoms with Gasteiger partial charge in [0, 0.05) is 44.0 Å². The third kappa shape index (κ3) is 9.42. The molecule has 268 valence electrons. The molecule has 0 atom stereocenters. The number of unbranched alkanes of at least 4 members (excludes halogenated alkanes) is 3. The molecule has 0 aliphatic heterocycles. The van der Waals surface area contributed by atoms with Gasteiger partial charge in [-0.25, -0.2) is 0 Å². The van der Waals surface area contributed by atoms with E-state index in [9.17, 15) is 4.79 Å². The number of fused-ring (bicyclic) bond motifs is 3. The van der Waals surface area contributed by atoms with E-state index in [1.54, 1.807) is 7.11 Å². The number of nitrogens with zero attached hydrogens (tertiary/aromatic N) is 1. The number of benzene rings is 3. The van der Waals surface area contributed by atoms with Gasteiger partial charge in [-0.15, -0.1) is 0 Å². The Labute approximate surface area is 297 Å². The first-order valence-electron chi connectivity index (χ1n) is 18.7. The van der Waals surface area contributed by atoms with E-state index in [2.05, 4.69) is 89.9 Å². The summed E-state index contributed by atoms with van der Waals surface area (Å²) in [5.74, 6) is 0. The number of hydrogen-bond donors (Lipinski definition) is 0. The molecule has 0 aromatic heterocycles. The normalized spacial score (nSPS) is 13.7. The third-order valence-corrected chi connectivity index (χ3v) is 11.5. The first-order chi connectivity index (χ1) is 23.5. The number of methoxy groups -OCH3 is 1. The quantitative estimate of drug-likeness (QED) is 0.0787. The maximum Gasteiger partial charge on any atom is 0.150 e. The predicted octanol–water partition coefficient (Wildman–Crippen LogP) is 10.3. The minimum absolute atomic E-state index is 0.0989. The van der Waals surface area contributed by atoms with E-state index >= 15 is 0 Å². The van der Waals surface area contributed by atoms with Crippen molar-refractivity contribution < 1.29 is 19.0 Å². The number of carbonyl (C=O) groups excluding carboxylic acids is 1. The van der Waals surface area contributed by atoms with Crippen LogP contribution in [0.4, 0.5) is 5.69 Å². The van der Waals surface area contributed by atoms with Gasteiger partial charge in [0.25, 0.3) is 0 Å². The molecule has 0 radical (unpaired) electrons. The Kier molecular flexibility index (Phi) is 14.1. The van der Waals surface area contributed by atoms with E-state index in [1.807, 2.05) is 24.3 Å². The second kappa shape index (κ2) is 17.8. The zero-order valence-corrected chi connectivity index (χ0v) is 31.8. The van der Waals surface area contributed by atoms with Crippen LogP contribution in [0, 0.1) is 0 Å². The molecule has 0 saturated carbocycles. The van der Waals surface area contributed by atoms with Crippen molar-refractivity contribution in [2.75, 3.05) is 58.6 Å². The third-order valence-electron chi connectivity index (χ3n) is 11.5. The molecule has 0 bridgehead atoms. The first kappa shape index (κ1) is 38.8. The van der Waals surface area contributed by atoms with Crippen LogP contribution in [0.5, 0.6) is 0 Å². The van der Waals surface area contributed by atoms with Gasteiger partial charge in [0.15, 0.2) is 0 Å². The fourth-order valence-electron chi connectivity index (χ4n) is 7.19. The van der Waals surface area contributed by atoms with Gasteiger partial charge in [-0.2, -0.15) is 0 Å². The monoisotopic (exact) mass is 669 g/mol. The SMILES string of the molecule is CCC(C)(C)c1ccc2c(c1)C(CCCCCCN(C)c1ccc(C=O)cc1)(CCOCCOCCOC)c1cc(C(C)(C)CC)ccc1-2. The highest BCUT2D eigenvalue weighted by atomic mass is 16.5. The number of hydrogen-bond acceptors (Lipinski definition) is 5. The number of rotatable bonds is 22. The number of anilines is 1. The maximum atomic E-state index is 11.1. The van der Waals surface area contributed by atoms with E-state index in [-0.39, 0.29) is 16.2 Å². The lowest BCUT2D eigenvalue weighted by Crippen LogP contribution is -2.29. The summed E-state index contributed by atoms with van der Waals surface area (Å²) < 4.78 is 17.1. The lowest BCUT2D eigenvalue weighted by atomic mass is 9.69. The van der Waals surface area contributed by atoms with Crippen molar-refractivity contribution in [1.82, 2.24) is 0 Å². The fourth-order valence-corrected chi connectivity index (χ4v) is 7.19. The molecule has 3 aromatic carbocycles. The van der Waals surface area contributed by atoms with Gasteiger partial charge in [0.2, 0.25) is 0 Å². The Hall–Kier alpha value is -2.99. The molecule has 49 heavy (non-hydrogen) atoms. The first-order valence-corrected chi connectivity index (χ1v) is 18.7. The Morgan fingerprint density at radius 1 is 0.673 bits per heavy atom. The highest BCUT2D eigenvalue weighted by Crippen LogP contribution is 2.55. The molecular weight excluding hydrogens is 606 g/mol. The molecule has 5 nitrogen and oxygen atoms in total. The molecule has 0 amide bonds. The second-order valence-corrected chi connectivity index (χ2v) is 15.3.